The average molecular weight is 253 g/mol. The minimum Gasteiger partial charge on any atom is -0.508 e. The molecule has 0 fully saturated rings. The van der Waals surface area contributed by atoms with Crippen LogP contribution in [0.25, 0.3) is 10.9 Å². The van der Waals surface area contributed by atoms with E-state index >= 15 is 0 Å². The van der Waals surface area contributed by atoms with Crippen molar-refractivity contribution in [3.63, 3.8) is 0 Å². The Kier molecular flexibility index (Phi) is 2.64. The first kappa shape index (κ1) is 11.3. The number of carbonyl (C=O) groups excluding carboxylic acids is 1. The van der Waals surface area contributed by atoms with Crippen molar-refractivity contribution in [3.05, 3.63) is 54.2 Å². The van der Waals surface area contributed by atoms with Crippen molar-refractivity contribution >= 4 is 22.5 Å². The highest BCUT2D eigenvalue weighted by Crippen LogP contribution is 2.21. The topological polar surface area (TPSA) is 78.0 Å². The summed E-state index contributed by atoms with van der Waals surface area (Å²) in [4.78, 5) is 12.1. The minimum atomic E-state index is -0.280. The van der Waals surface area contributed by atoms with Crippen LogP contribution < -0.4 is 5.32 Å². The van der Waals surface area contributed by atoms with Gasteiger partial charge in [0, 0.05) is 10.9 Å². The third-order valence-corrected chi connectivity index (χ3v) is 2.83. The number of nitrogens with one attached hydrogen (secondary N) is 2. The van der Waals surface area contributed by atoms with Crippen LogP contribution in [0.3, 0.4) is 0 Å². The molecule has 5 heteroatoms. The van der Waals surface area contributed by atoms with Crippen molar-refractivity contribution in [3.8, 4) is 5.75 Å². The van der Waals surface area contributed by atoms with Gasteiger partial charge >= 0.3 is 0 Å². The van der Waals surface area contributed by atoms with Gasteiger partial charge in [-0.2, -0.15) is 5.10 Å². The molecular weight excluding hydrogens is 242 g/mol. The molecule has 19 heavy (non-hydrogen) atoms. The number of amides is 1. The SMILES string of the molecule is O=C(Nc1cccc2cn[nH]c12)c1cccc(O)c1. The fourth-order valence-electron chi connectivity index (χ4n) is 1.91. The van der Waals surface area contributed by atoms with Crippen LogP contribution in [0, 0.1) is 0 Å². The van der Waals surface area contributed by atoms with Gasteiger partial charge in [0.2, 0.25) is 0 Å². The summed E-state index contributed by atoms with van der Waals surface area (Å²) in [5, 5.41) is 19.9. The molecule has 0 aliphatic carbocycles. The van der Waals surface area contributed by atoms with E-state index in [9.17, 15) is 9.90 Å². The summed E-state index contributed by atoms with van der Waals surface area (Å²) < 4.78 is 0. The van der Waals surface area contributed by atoms with E-state index in [4.69, 9.17) is 0 Å². The molecule has 0 saturated carbocycles. The molecule has 1 heterocycles. The summed E-state index contributed by atoms with van der Waals surface area (Å²) in [5.41, 5.74) is 1.83. The zero-order chi connectivity index (χ0) is 13.2. The summed E-state index contributed by atoms with van der Waals surface area (Å²) in [6, 6.07) is 11.7. The van der Waals surface area contributed by atoms with Crippen LogP contribution in [-0.2, 0) is 0 Å². The van der Waals surface area contributed by atoms with E-state index in [0.717, 1.165) is 10.9 Å². The van der Waals surface area contributed by atoms with Gasteiger partial charge in [0.05, 0.1) is 17.4 Å². The molecule has 3 N–H and O–H groups in total. The number of nitrogens with zero attached hydrogens (tertiary/aromatic N) is 1. The van der Waals surface area contributed by atoms with Gasteiger partial charge < -0.3 is 10.4 Å². The summed E-state index contributed by atoms with van der Waals surface area (Å²) in [7, 11) is 0. The van der Waals surface area contributed by atoms with E-state index in [0.29, 0.717) is 11.3 Å². The number of phenols is 1. The predicted octanol–water partition coefficient (Wildman–Crippen LogP) is 2.52. The second kappa shape index (κ2) is 4.45. The zero-order valence-electron chi connectivity index (χ0n) is 9.92. The maximum absolute atomic E-state index is 12.1. The third kappa shape index (κ3) is 2.13. The molecule has 0 saturated heterocycles. The summed E-state index contributed by atoms with van der Waals surface area (Å²) in [6.45, 7) is 0. The number of H-pyrrole nitrogens is 1. The van der Waals surface area contributed by atoms with Crippen LogP contribution >= 0.6 is 0 Å². The van der Waals surface area contributed by atoms with Gasteiger partial charge in [-0.15, -0.1) is 0 Å². The number of anilines is 1. The van der Waals surface area contributed by atoms with Crippen LogP contribution in [0.1, 0.15) is 10.4 Å². The molecule has 0 bridgehead atoms. The van der Waals surface area contributed by atoms with E-state index in [1.54, 1.807) is 24.4 Å². The molecule has 0 atom stereocenters. The summed E-state index contributed by atoms with van der Waals surface area (Å²) in [5.74, 6) is -0.217. The van der Waals surface area contributed by atoms with Gasteiger partial charge in [-0.25, -0.2) is 0 Å². The number of rotatable bonds is 2. The normalized spacial score (nSPS) is 10.5. The number of phenolic OH excluding ortho intramolecular Hbond substituents is 1. The highest BCUT2D eigenvalue weighted by atomic mass is 16.3. The molecular formula is C14H11N3O2. The van der Waals surface area contributed by atoms with Crippen molar-refractivity contribution in [2.45, 2.75) is 0 Å². The summed E-state index contributed by atoms with van der Waals surface area (Å²) >= 11 is 0. The van der Waals surface area contributed by atoms with E-state index in [-0.39, 0.29) is 11.7 Å². The van der Waals surface area contributed by atoms with Crippen LogP contribution in [-0.4, -0.2) is 21.2 Å². The first-order valence-corrected chi connectivity index (χ1v) is 5.76. The van der Waals surface area contributed by atoms with E-state index in [1.807, 2.05) is 12.1 Å². The highest BCUT2D eigenvalue weighted by Gasteiger charge is 2.09. The number of aromatic hydroxyl groups is 1. The molecule has 5 nitrogen and oxygen atoms in total. The third-order valence-electron chi connectivity index (χ3n) is 2.83. The number of aromatic nitrogens is 2. The van der Waals surface area contributed by atoms with Gasteiger partial charge in [0.15, 0.2) is 0 Å². The lowest BCUT2D eigenvalue weighted by Gasteiger charge is -2.06. The van der Waals surface area contributed by atoms with Crippen molar-refractivity contribution in [2.24, 2.45) is 0 Å². The number of para-hydroxylation sites is 1. The van der Waals surface area contributed by atoms with Crippen molar-refractivity contribution in [2.75, 3.05) is 5.32 Å². The number of benzene rings is 2. The minimum absolute atomic E-state index is 0.0624. The molecule has 0 unspecified atom stereocenters. The van der Waals surface area contributed by atoms with Gasteiger partial charge in [0.25, 0.3) is 5.91 Å². The number of aromatic amines is 1. The molecule has 0 aliphatic heterocycles. The van der Waals surface area contributed by atoms with Crippen LogP contribution in [0.4, 0.5) is 5.69 Å². The summed E-state index contributed by atoms with van der Waals surface area (Å²) in [6.07, 6.45) is 1.69. The largest absolute Gasteiger partial charge is 0.508 e. The van der Waals surface area contributed by atoms with E-state index in [1.165, 1.54) is 12.1 Å². The Bertz CT molecular complexity index is 749. The maximum atomic E-state index is 12.1. The molecule has 3 aromatic rings. The second-order valence-corrected chi connectivity index (χ2v) is 4.14. The Morgan fingerprint density at radius 2 is 2.05 bits per heavy atom. The second-order valence-electron chi connectivity index (χ2n) is 4.14. The molecule has 2 aromatic carbocycles. The van der Waals surface area contributed by atoms with Crippen molar-refractivity contribution in [1.82, 2.24) is 10.2 Å². The number of hydrogen-bond donors (Lipinski definition) is 3. The van der Waals surface area contributed by atoms with Crippen LogP contribution in [0.2, 0.25) is 0 Å². The van der Waals surface area contributed by atoms with Crippen LogP contribution in [0.15, 0.2) is 48.7 Å². The molecule has 0 radical (unpaired) electrons. The quantitative estimate of drug-likeness (QED) is 0.656. The smallest absolute Gasteiger partial charge is 0.255 e. The standard InChI is InChI=1S/C14H11N3O2/c18-11-5-1-3-9(7-11)14(19)16-12-6-2-4-10-8-15-17-13(10)12/h1-8,18H,(H,15,17)(H,16,19). The fourth-order valence-corrected chi connectivity index (χ4v) is 1.91. The Morgan fingerprint density at radius 3 is 2.89 bits per heavy atom. The zero-order valence-corrected chi connectivity index (χ0v) is 9.92. The average Bonchev–Trinajstić information content (AvgIpc) is 2.88. The van der Waals surface area contributed by atoms with Crippen LogP contribution in [0.5, 0.6) is 5.75 Å². The Hall–Kier alpha value is -2.82. The van der Waals surface area contributed by atoms with Gasteiger partial charge in [-0.1, -0.05) is 18.2 Å². The van der Waals surface area contributed by atoms with E-state index < -0.39 is 0 Å². The van der Waals surface area contributed by atoms with Gasteiger partial charge in [-0.3, -0.25) is 9.89 Å². The highest BCUT2D eigenvalue weighted by molar-refractivity contribution is 6.08. The van der Waals surface area contributed by atoms with E-state index in [2.05, 4.69) is 15.5 Å². The van der Waals surface area contributed by atoms with Gasteiger partial charge in [-0.05, 0) is 24.3 Å². The molecule has 3 rings (SSSR count). The Labute approximate surface area is 108 Å². The number of fused-ring (bicyclic) bond motifs is 1. The molecule has 94 valence electrons. The first-order chi connectivity index (χ1) is 9.24. The molecule has 0 aliphatic rings. The number of hydrogen-bond acceptors (Lipinski definition) is 3. The monoisotopic (exact) mass is 253 g/mol. The first-order valence-electron chi connectivity index (χ1n) is 5.76. The Balaban J connectivity index is 1.93. The van der Waals surface area contributed by atoms with Crippen molar-refractivity contribution in [1.29, 1.82) is 0 Å². The van der Waals surface area contributed by atoms with Crippen molar-refractivity contribution < 1.29 is 9.90 Å². The van der Waals surface area contributed by atoms with Gasteiger partial charge in [0.1, 0.15) is 5.75 Å². The Morgan fingerprint density at radius 1 is 1.21 bits per heavy atom. The maximum Gasteiger partial charge on any atom is 0.255 e. The lowest BCUT2D eigenvalue weighted by atomic mass is 10.2. The molecule has 1 aromatic heterocycles. The molecule has 1 amide bonds. The molecule has 0 spiro atoms. The predicted molar refractivity (Wildman–Crippen MR) is 72.2 cm³/mol. The number of carbonyl (C=O) groups is 1. The lowest BCUT2D eigenvalue weighted by molar-refractivity contribution is 0.102. The fraction of sp³-hybridized carbons (Fsp3) is 0. The lowest BCUT2D eigenvalue weighted by Crippen LogP contribution is -2.11.